The van der Waals surface area contributed by atoms with E-state index in [1.807, 2.05) is 12.2 Å². The van der Waals surface area contributed by atoms with Crippen LogP contribution in [0.3, 0.4) is 0 Å². The Morgan fingerprint density at radius 1 is 1.30 bits per heavy atom. The molecule has 2 aliphatic rings. The second-order valence-electron chi connectivity index (χ2n) is 7.33. The maximum absolute atomic E-state index is 12.1. The van der Waals surface area contributed by atoms with E-state index in [1.165, 1.54) is 0 Å². The van der Waals surface area contributed by atoms with Crippen LogP contribution in [0, 0.1) is 10.8 Å². The molecule has 160 valence electrons. The number of methoxy groups -OCH3 is 1. The van der Waals surface area contributed by atoms with E-state index in [9.17, 15) is 4.79 Å². The number of carbonyl (C=O) groups excluding carboxylic acids is 1. The molecule has 0 unspecified atom stereocenters. The molecular formula is C22H27ClN4O3. The highest BCUT2D eigenvalue weighted by atomic mass is 35.5. The number of hydrogen-bond acceptors (Lipinski definition) is 6. The zero-order valence-corrected chi connectivity index (χ0v) is 17.8. The van der Waals surface area contributed by atoms with Gasteiger partial charge in [0.2, 0.25) is 0 Å². The summed E-state index contributed by atoms with van der Waals surface area (Å²) in [6, 6.07) is 5.08. The number of ether oxygens (including phenoxy) is 2. The van der Waals surface area contributed by atoms with Gasteiger partial charge >= 0.3 is 0 Å². The van der Waals surface area contributed by atoms with Crippen molar-refractivity contribution in [3.8, 4) is 5.75 Å². The Balaban J connectivity index is 1.49. The molecule has 1 amide bonds. The highest BCUT2D eigenvalue weighted by Gasteiger charge is 2.23. The zero-order chi connectivity index (χ0) is 21.5. The van der Waals surface area contributed by atoms with Crippen LogP contribution in [0.25, 0.3) is 0 Å². The van der Waals surface area contributed by atoms with Crippen LogP contribution in [-0.4, -0.2) is 68.2 Å². The number of allylic oxidation sites excluding steroid dienone is 3. The van der Waals surface area contributed by atoms with Crippen molar-refractivity contribution in [2.24, 2.45) is 0 Å². The van der Waals surface area contributed by atoms with Gasteiger partial charge in [-0.25, -0.2) is 0 Å². The van der Waals surface area contributed by atoms with E-state index in [0.29, 0.717) is 41.7 Å². The Morgan fingerprint density at radius 2 is 2.07 bits per heavy atom. The molecule has 0 atom stereocenters. The Labute approximate surface area is 181 Å². The fraction of sp³-hybridized carbons (Fsp3) is 0.409. The first-order valence-corrected chi connectivity index (χ1v) is 10.4. The molecule has 0 aromatic heterocycles. The van der Waals surface area contributed by atoms with E-state index >= 15 is 0 Å². The third-order valence-electron chi connectivity index (χ3n) is 5.16. The first-order valence-electron chi connectivity index (χ1n) is 9.98. The van der Waals surface area contributed by atoms with Crippen LogP contribution in [-0.2, 0) is 4.74 Å². The fourth-order valence-electron chi connectivity index (χ4n) is 3.44. The first kappa shape index (κ1) is 22.2. The fourth-order valence-corrected chi connectivity index (χ4v) is 3.67. The predicted octanol–water partition coefficient (Wildman–Crippen LogP) is 3.10. The highest BCUT2D eigenvalue weighted by Crippen LogP contribution is 2.28. The topological polar surface area (TPSA) is 98.5 Å². The summed E-state index contributed by atoms with van der Waals surface area (Å²) in [5.41, 5.74) is 1.93. The van der Waals surface area contributed by atoms with Gasteiger partial charge in [0.25, 0.3) is 5.91 Å². The second kappa shape index (κ2) is 10.5. The van der Waals surface area contributed by atoms with Gasteiger partial charge in [-0.3, -0.25) is 20.5 Å². The van der Waals surface area contributed by atoms with Crippen LogP contribution in [0.1, 0.15) is 23.2 Å². The lowest BCUT2D eigenvalue weighted by molar-refractivity contribution is 0.0936. The summed E-state index contributed by atoms with van der Waals surface area (Å²) in [6.07, 6.45) is 7.14. The maximum atomic E-state index is 12.1. The Kier molecular flexibility index (Phi) is 7.79. The van der Waals surface area contributed by atoms with E-state index < -0.39 is 0 Å². The van der Waals surface area contributed by atoms with Crippen molar-refractivity contribution in [3.63, 3.8) is 0 Å². The first-order chi connectivity index (χ1) is 14.5. The van der Waals surface area contributed by atoms with E-state index in [-0.39, 0.29) is 17.7 Å². The zero-order valence-electron chi connectivity index (χ0n) is 17.0. The molecule has 3 rings (SSSR count). The highest BCUT2D eigenvalue weighted by molar-refractivity contribution is 6.50. The quantitative estimate of drug-likeness (QED) is 0.436. The van der Waals surface area contributed by atoms with Gasteiger partial charge in [-0.05, 0) is 42.7 Å². The molecule has 1 heterocycles. The number of likely N-dealkylation sites (tertiary alicyclic amines) is 1. The van der Waals surface area contributed by atoms with Gasteiger partial charge in [0.05, 0.1) is 23.1 Å². The average Bonchev–Trinajstić information content (AvgIpc) is 2.74. The summed E-state index contributed by atoms with van der Waals surface area (Å²) in [5, 5.41) is 19.0. The van der Waals surface area contributed by atoms with Crippen LogP contribution >= 0.6 is 11.6 Å². The minimum absolute atomic E-state index is 0.0538. The largest absolute Gasteiger partial charge is 0.489 e. The number of carbonyl (C=O) groups is 1. The van der Waals surface area contributed by atoms with E-state index in [2.05, 4.69) is 10.2 Å². The van der Waals surface area contributed by atoms with Gasteiger partial charge in [-0.2, -0.15) is 0 Å². The molecule has 1 fully saturated rings. The van der Waals surface area contributed by atoms with E-state index in [1.54, 1.807) is 31.4 Å². The molecule has 8 heteroatoms. The molecule has 1 aromatic rings. The number of halogens is 1. The molecule has 0 bridgehead atoms. The molecule has 1 aliphatic heterocycles. The smallest absolute Gasteiger partial charge is 0.251 e. The maximum Gasteiger partial charge on any atom is 0.251 e. The number of hydrogen-bond donors (Lipinski definition) is 3. The van der Waals surface area contributed by atoms with Crippen LogP contribution < -0.4 is 10.1 Å². The Hall–Kier alpha value is -2.48. The minimum atomic E-state index is -0.195. The standard InChI is InChI=1S/C22H27ClN4O3/c1-29-12-9-26-22(28)15-5-6-20(18(23)13-15)30-17-7-10-27(11-8-17)14-16-3-2-4-19(24)21(16)25/h2-6,13,17,24-25H,7-12,14H2,1H3,(H,26,28). The summed E-state index contributed by atoms with van der Waals surface area (Å²) < 4.78 is 11.0. The van der Waals surface area contributed by atoms with Crippen LogP contribution in [0.4, 0.5) is 0 Å². The number of piperidine rings is 1. The second-order valence-corrected chi connectivity index (χ2v) is 7.73. The lowest BCUT2D eigenvalue weighted by Gasteiger charge is -2.33. The van der Waals surface area contributed by atoms with Crippen molar-refractivity contribution in [3.05, 3.63) is 52.6 Å². The summed E-state index contributed by atoms with van der Waals surface area (Å²) >= 11 is 6.34. The predicted molar refractivity (Wildman–Crippen MR) is 118 cm³/mol. The van der Waals surface area contributed by atoms with Gasteiger partial charge in [-0.15, -0.1) is 0 Å². The molecule has 0 saturated carbocycles. The third-order valence-corrected chi connectivity index (χ3v) is 5.45. The number of rotatable bonds is 8. The summed E-state index contributed by atoms with van der Waals surface area (Å²) in [7, 11) is 1.58. The van der Waals surface area contributed by atoms with Crippen LogP contribution in [0.15, 0.2) is 42.0 Å². The molecule has 1 aliphatic carbocycles. The van der Waals surface area contributed by atoms with Gasteiger partial charge in [0, 0.05) is 38.9 Å². The molecule has 0 radical (unpaired) electrons. The molecular weight excluding hydrogens is 404 g/mol. The van der Waals surface area contributed by atoms with Crippen molar-refractivity contribution >= 4 is 28.9 Å². The van der Waals surface area contributed by atoms with E-state index in [4.69, 9.17) is 31.9 Å². The SMILES string of the molecule is COCCNC(=O)c1ccc(OC2CCN(CC3=CC=CC(=N)C3=N)CC2)c(Cl)c1. The minimum Gasteiger partial charge on any atom is -0.489 e. The van der Waals surface area contributed by atoms with Crippen LogP contribution in [0.5, 0.6) is 5.75 Å². The average molecular weight is 431 g/mol. The van der Waals surface area contributed by atoms with Crippen molar-refractivity contribution in [1.29, 1.82) is 10.8 Å². The summed E-state index contributed by atoms with van der Waals surface area (Å²) in [6.45, 7) is 3.27. The van der Waals surface area contributed by atoms with Gasteiger partial charge in [0.15, 0.2) is 0 Å². The van der Waals surface area contributed by atoms with Crippen molar-refractivity contribution in [2.75, 3.05) is 39.9 Å². The normalized spacial score (nSPS) is 17.7. The van der Waals surface area contributed by atoms with Crippen molar-refractivity contribution in [2.45, 2.75) is 18.9 Å². The van der Waals surface area contributed by atoms with E-state index in [0.717, 1.165) is 31.5 Å². The lowest BCUT2D eigenvalue weighted by Crippen LogP contribution is -2.40. The molecule has 30 heavy (non-hydrogen) atoms. The summed E-state index contributed by atoms with van der Waals surface area (Å²) in [5.74, 6) is 0.387. The monoisotopic (exact) mass is 430 g/mol. The van der Waals surface area contributed by atoms with Gasteiger partial charge in [-0.1, -0.05) is 23.8 Å². The van der Waals surface area contributed by atoms with Gasteiger partial charge in [0.1, 0.15) is 11.9 Å². The Bertz CT molecular complexity index is 873. The van der Waals surface area contributed by atoms with Crippen molar-refractivity contribution < 1.29 is 14.3 Å². The summed E-state index contributed by atoms with van der Waals surface area (Å²) in [4.78, 5) is 14.4. The van der Waals surface area contributed by atoms with Crippen LogP contribution in [0.2, 0.25) is 5.02 Å². The number of nitrogens with one attached hydrogen (secondary N) is 3. The molecule has 7 nitrogen and oxygen atoms in total. The third kappa shape index (κ3) is 5.78. The molecule has 1 aromatic carbocycles. The van der Waals surface area contributed by atoms with Gasteiger partial charge < -0.3 is 14.8 Å². The lowest BCUT2D eigenvalue weighted by atomic mass is 9.99. The number of amides is 1. The Morgan fingerprint density at radius 3 is 2.77 bits per heavy atom. The number of nitrogens with zero attached hydrogens (tertiary/aromatic N) is 1. The molecule has 0 spiro atoms. The molecule has 3 N–H and O–H groups in total. The number of benzene rings is 1. The molecule has 1 saturated heterocycles. The van der Waals surface area contributed by atoms with Crippen molar-refractivity contribution in [1.82, 2.24) is 10.2 Å².